The van der Waals surface area contributed by atoms with Gasteiger partial charge in [0.15, 0.2) is 11.6 Å². The molecule has 0 aliphatic carbocycles. The van der Waals surface area contributed by atoms with Gasteiger partial charge < -0.3 is 25.4 Å². The third kappa shape index (κ3) is 4.56. The fraction of sp³-hybridized carbons (Fsp3) is 0.478. The molecule has 2 saturated heterocycles. The van der Waals surface area contributed by atoms with E-state index in [2.05, 4.69) is 21.7 Å². The first-order chi connectivity index (χ1) is 16.5. The van der Waals surface area contributed by atoms with Gasteiger partial charge in [0.2, 0.25) is 5.91 Å². The van der Waals surface area contributed by atoms with E-state index in [0.717, 1.165) is 59.9 Å². The van der Waals surface area contributed by atoms with E-state index in [4.69, 9.17) is 25.5 Å². The maximum absolute atomic E-state index is 11.8. The number of carbonyl (C=O) groups is 1. The number of nitrogens with two attached hydrogens (primary N) is 1. The summed E-state index contributed by atoms with van der Waals surface area (Å²) in [7, 11) is 0. The fourth-order valence-corrected chi connectivity index (χ4v) is 5.69. The smallest absolute Gasteiger partial charge is 0.248 e. The number of ether oxygens (including phenoxy) is 1. The number of hydrogen-bond donors (Lipinski definition) is 2. The van der Waals surface area contributed by atoms with Crippen LogP contribution in [0.25, 0.3) is 21.6 Å². The number of amides is 1. The van der Waals surface area contributed by atoms with Crippen LogP contribution in [0.15, 0.2) is 18.3 Å². The molecular formula is C23H29N7O3S. The monoisotopic (exact) mass is 483 g/mol. The largest absolute Gasteiger partial charge is 0.387 e. The van der Waals surface area contributed by atoms with Crippen molar-refractivity contribution in [2.24, 2.45) is 0 Å². The minimum absolute atomic E-state index is 0.201. The van der Waals surface area contributed by atoms with Crippen molar-refractivity contribution in [1.82, 2.24) is 24.8 Å². The van der Waals surface area contributed by atoms with E-state index in [0.29, 0.717) is 37.9 Å². The quantitative estimate of drug-likeness (QED) is 0.550. The normalized spacial score (nSPS) is 17.5. The second-order valence-electron chi connectivity index (χ2n) is 8.58. The van der Waals surface area contributed by atoms with Crippen LogP contribution in [0.5, 0.6) is 0 Å². The summed E-state index contributed by atoms with van der Waals surface area (Å²) in [6, 6.07) is 3.67. The Morgan fingerprint density at radius 3 is 2.59 bits per heavy atom. The zero-order valence-corrected chi connectivity index (χ0v) is 20.1. The molecule has 0 radical (unpaired) electrons. The highest BCUT2D eigenvalue weighted by Crippen LogP contribution is 2.38. The second-order valence-corrected chi connectivity index (χ2v) is 9.69. The zero-order chi connectivity index (χ0) is 23.7. The Morgan fingerprint density at radius 1 is 1.15 bits per heavy atom. The number of nitrogen functional groups attached to an aromatic ring is 1. The van der Waals surface area contributed by atoms with Gasteiger partial charge in [0.25, 0.3) is 0 Å². The lowest BCUT2D eigenvalue weighted by molar-refractivity contribution is -0.135. The van der Waals surface area contributed by atoms with Crippen molar-refractivity contribution in [2.45, 2.75) is 13.5 Å². The van der Waals surface area contributed by atoms with Crippen molar-refractivity contribution >= 4 is 39.1 Å². The van der Waals surface area contributed by atoms with Crippen LogP contribution in [0.2, 0.25) is 0 Å². The van der Waals surface area contributed by atoms with Crippen LogP contribution in [0.1, 0.15) is 10.4 Å². The molecule has 0 aromatic carbocycles. The summed E-state index contributed by atoms with van der Waals surface area (Å²) < 4.78 is 6.66. The molecule has 3 aromatic heterocycles. The van der Waals surface area contributed by atoms with Crippen LogP contribution in [-0.4, -0.2) is 94.9 Å². The van der Waals surface area contributed by atoms with E-state index in [1.54, 1.807) is 28.5 Å². The lowest BCUT2D eigenvalue weighted by Crippen LogP contribution is -2.49. The molecule has 0 saturated carbocycles. The minimum Gasteiger partial charge on any atom is -0.387 e. The molecule has 11 heteroatoms. The van der Waals surface area contributed by atoms with E-state index in [-0.39, 0.29) is 5.91 Å². The van der Waals surface area contributed by atoms with Gasteiger partial charge in [0, 0.05) is 62.5 Å². The number of aliphatic hydroxyl groups excluding tert-OH is 1. The highest BCUT2D eigenvalue weighted by atomic mass is 32.1. The van der Waals surface area contributed by atoms with E-state index < -0.39 is 6.61 Å². The number of pyridine rings is 1. The molecule has 0 bridgehead atoms. The number of hydrogen-bond acceptors (Lipinski definition) is 10. The summed E-state index contributed by atoms with van der Waals surface area (Å²) in [6.07, 6.45) is 1.72. The van der Waals surface area contributed by atoms with Crippen molar-refractivity contribution in [3.05, 3.63) is 28.8 Å². The number of fused-ring (bicyclic) bond motifs is 1. The Morgan fingerprint density at radius 2 is 1.91 bits per heavy atom. The number of morpholine rings is 1. The summed E-state index contributed by atoms with van der Waals surface area (Å²) in [6.45, 7) is 8.27. The highest BCUT2D eigenvalue weighted by Gasteiger charge is 2.25. The topological polar surface area (TPSA) is 121 Å². The van der Waals surface area contributed by atoms with Crippen LogP contribution in [0, 0.1) is 6.92 Å². The van der Waals surface area contributed by atoms with Gasteiger partial charge in [0.05, 0.1) is 23.4 Å². The Bertz CT molecular complexity index is 1170. The second kappa shape index (κ2) is 9.79. The Hall–Kier alpha value is -2.86. The van der Waals surface area contributed by atoms with Crippen LogP contribution >= 0.6 is 11.3 Å². The minimum atomic E-state index is -0.426. The van der Waals surface area contributed by atoms with Crippen LogP contribution in [-0.2, 0) is 16.1 Å². The summed E-state index contributed by atoms with van der Waals surface area (Å²) in [5.41, 5.74) is 8.75. The number of anilines is 2. The lowest BCUT2D eigenvalue weighted by atomic mass is 10.2. The zero-order valence-electron chi connectivity index (χ0n) is 19.2. The third-order valence-corrected chi connectivity index (χ3v) is 7.69. The Kier molecular flexibility index (Phi) is 6.59. The molecular weight excluding hydrogens is 454 g/mol. The number of rotatable bonds is 5. The standard InChI is InChI=1S/C23H29N7O3S/c1-15-17(13-28-4-6-29(7-5-28)19(32)14-31)34-21-20(15)26-22(16-2-3-18(24)25-12-16)27-23(21)30-8-10-33-11-9-30/h2-3,12,31H,4-11,13-14H2,1H3,(H2,24,25). The first-order valence-electron chi connectivity index (χ1n) is 11.5. The summed E-state index contributed by atoms with van der Waals surface area (Å²) in [5.74, 6) is 1.85. The van der Waals surface area contributed by atoms with Gasteiger partial charge in [-0.3, -0.25) is 9.69 Å². The Labute approximate surface area is 202 Å². The van der Waals surface area contributed by atoms with Gasteiger partial charge in [-0.05, 0) is 24.6 Å². The number of aryl methyl sites for hydroxylation is 1. The number of aliphatic hydroxyl groups is 1. The molecule has 1 amide bonds. The summed E-state index contributed by atoms with van der Waals surface area (Å²) in [4.78, 5) is 33.5. The van der Waals surface area contributed by atoms with Crippen LogP contribution < -0.4 is 10.6 Å². The van der Waals surface area contributed by atoms with Crippen molar-refractivity contribution in [1.29, 1.82) is 0 Å². The average Bonchev–Trinajstić information content (AvgIpc) is 3.19. The molecule has 2 aliphatic rings. The molecule has 0 atom stereocenters. The molecule has 3 aromatic rings. The molecule has 0 spiro atoms. The number of piperazine rings is 1. The predicted octanol–water partition coefficient (Wildman–Crippen LogP) is 1.12. The van der Waals surface area contributed by atoms with Crippen LogP contribution in [0.3, 0.4) is 0 Å². The SMILES string of the molecule is Cc1c(CN2CCN(C(=O)CO)CC2)sc2c(N3CCOCC3)nc(-c3ccc(N)nc3)nc12. The summed E-state index contributed by atoms with van der Waals surface area (Å²) >= 11 is 1.75. The molecule has 2 aliphatic heterocycles. The molecule has 0 unspecified atom stereocenters. The molecule has 10 nitrogen and oxygen atoms in total. The van der Waals surface area contributed by atoms with Crippen molar-refractivity contribution in [3.63, 3.8) is 0 Å². The number of carbonyl (C=O) groups excluding carboxylic acids is 1. The molecule has 34 heavy (non-hydrogen) atoms. The van der Waals surface area contributed by atoms with Crippen LogP contribution in [0.4, 0.5) is 11.6 Å². The van der Waals surface area contributed by atoms with E-state index in [1.807, 2.05) is 6.07 Å². The van der Waals surface area contributed by atoms with Gasteiger partial charge in [-0.1, -0.05) is 0 Å². The number of thiophene rings is 1. The fourth-order valence-electron chi connectivity index (χ4n) is 4.38. The van der Waals surface area contributed by atoms with Crippen molar-refractivity contribution < 1.29 is 14.6 Å². The van der Waals surface area contributed by atoms with E-state index in [1.165, 1.54) is 4.88 Å². The maximum Gasteiger partial charge on any atom is 0.248 e. The lowest BCUT2D eigenvalue weighted by Gasteiger charge is -2.34. The average molecular weight is 484 g/mol. The number of nitrogens with zero attached hydrogens (tertiary/aromatic N) is 6. The molecule has 5 heterocycles. The molecule has 180 valence electrons. The summed E-state index contributed by atoms with van der Waals surface area (Å²) in [5, 5.41) is 9.12. The van der Waals surface area contributed by atoms with Gasteiger partial charge in [-0.15, -0.1) is 11.3 Å². The first-order valence-corrected chi connectivity index (χ1v) is 12.3. The first kappa shape index (κ1) is 22.9. The van der Waals surface area contributed by atoms with Gasteiger partial charge in [-0.25, -0.2) is 15.0 Å². The maximum atomic E-state index is 11.8. The number of aromatic nitrogens is 3. The van der Waals surface area contributed by atoms with E-state index in [9.17, 15) is 4.79 Å². The van der Waals surface area contributed by atoms with E-state index >= 15 is 0 Å². The molecule has 5 rings (SSSR count). The third-order valence-electron chi connectivity index (χ3n) is 6.43. The highest BCUT2D eigenvalue weighted by molar-refractivity contribution is 7.19. The molecule has 3 N–H and O–H groups in total. The van der Waals surface area contributed by atoms with Gasteiger partial charge in [-0.2, -0.15) is 0 Å². The Balaban J connectivity index is 1.48. The van der Waals surface area contributed by atoms with Crippen molar-refractivity contribution in [2.75, 3.05) is 69.7 Å². The van der Waals surface area contributed by atoms with Gasteiger partial charge in [0.1, 0.15) is 12.4 Å². The van der Waals surface area contributed by atoms with Gasteiger partial charge >= 0.3 is 0 Å². The molecule has 2 fully saturated rings. The van der Waals surface area contributed by atoms with Crippen molar-refractivity contribution in [3.8, 4) is 11.4 Å². The predicted molar refractivity (Wildman–Crippen MR) is 132 cm³/mol.